The van der Waals surface area contributed by atoms with E-state index < -0.39 is 23.4 Å². The summed E-state index contributed by atoms with van der Waals surface area (Å²) in [6, 6.07) is 14.3. The molecule has 0 spiro atoms. The summed E-state index contributed by atoms with van der Waals surface area (Å²) in [6.45, 7) is 12.8. The van der Waals surface area contributed by atoms with Gasteiger partial charge in [0.25, 0.3) is 0 Å². The van der Waals surface area contributed by atoms with Crippen molar-refractivity contribution in [2.24, 2.45) is 11.5 Å². The highest BCUT2D eigenvalue weighted by atomic mass is 16.6. The Morgan fingerprint density at radius 3 is 1.35 bits per heavy atom. The molecule has 0 aliphatic carbocycles. The van der Waals surface area contributed by atoms with E-state index in [2.05, 4.69) is 20.6 Å². The minimum Gasteiger partial charge on any atom is -0.619 e. The molecular weight excluding hydrogens is 616 g/mol. The number of rotatable bonds is 6. The molecule has 0 atom stereocenters. The summed E-state index contributed by atoms with van der Waals surface area (Å²) < 4.78 is 11.8. The molecule has 0 unspecified atom stereocenters. The zero-order chi connectivity index (χ0) is 36.0. The lowest BCUT2D eigenvalue weighted by Gasteiger charge is -2.19. The van der Waals surface area contributed by atoms with Crippen LogP contribution < -0.4 is 31.6 Å². The minimum absolute atomic E-state index is 0.343. The van der Waals surface area contributed by atoms with Crippen LogP contribution in [0, 0.1) is 5.21 Å². The van der Waals surface area contributed by atoms with Crippen molar-refractivity contribution in [2.75, 3.05) is 0 Å². The first-order valence-corrected chi connectivity index (χ1v) is 15.1. The average molecular weight is 666 g/mol. The molecule has 4 rings (SSSR count). The van der Waals surface area contributed by atoms with E-state index in [1.54, 1.807) is 82.2 Å². The first kappa shape index (κ1) is 40.7. The summed E-state index contributed by atoms with van der Waals surface area (Å²) in [7, 11) is 0. The summed E-state index contributed by atoms with van der Waals surface area (Å²) >= 11 is 0. The van der Waals surface area contributed by atoms with Gasteiger partial charge in [-0.05, 0) is 88.1 Å². The number of ether oxygens (including phenoxy) is 2. The van der Waals surface area contributed by atoms with Crippen molar-refractivity contribution in [1.29, 1.82) is 0 Å². The van der Waals surface area contributed by atoms with Gasteiger partial charge in [0.1, 0.15) is 11.2 Å². The number of pyridine rings is 4. The average Bonchev–Trinajstić information content (AvgIpc) is 3.04. The molecule has 48 heavy (non-hydrogen) atoms. The largest absolute Gasteiger partial charge is 0.619 e. The zero-order valence-electron chi connectivity index (χ0n) is 28.5. The van der Waals surface area contributed by atoms with Gasteiger partial charge in [0.2, 0.25) is 12.4 Å². The molecule has 4 aromatic heterocycles. The van der Waals surface area contributed by atoms with Crippen LogP contribution >= 0.6 is 0 Å². The van der Waals surface area contributed by atoms with Crippen LogP contribution in [0.25, 0.3) is 0 Å². The highest BCUT2D eigenvalue weighted by Gasteiger charge is 2.16. The lowest BCUT2D eigenvalue weighted by atomic mass is 10.2. The van der Waals surface area contributed by atoms with Crippen LogP contribution in [-0.2, 0) is 35.7 Å². The van der Waals surface area contributed by atoms with E-state index in [4.69, 9.17) is 26.1 Å². The Bertz CT molecular complexity index is 1450. The topological polar surface area (TPSA) is 206 Å². The molecule has 0 saturated carbocycles. The van der Waals surface area contributed by atoms with Gasteiger partial charge in [-0.1, -0.05) is 0 Å². The van der Waals surface area contributed by atoms with Crippen molar-refractivity contribution in [2.45, 2.75) is 78.9 Å². The number of nitrogens with two attached hydrogens (primary N) is 2. The maximum atomic E-state index is 11.3. The molecule has 0 saturated heterocycles. The van der Waals surface area contributed by atoms with E-state index in [1.165, 1.54) is 12.4 Å². The van der Waals surface area contributed by atoms with Gasteiger partial charge >= 0.3 is 12.2 Å². The summed E-state index contributed by atoms with van der Waals surface area (Å²) in [5.74, 6) is 0. The maximum absolute atomic E-state index is 11.3. The maximum Gasteiger partial charge on any atom is 0.407 e. The standard InChI is InChI=1S/C11H16N2O3.C11H16N2O2.C6H9N2O.C6H8N2/c1-11(2,3)16-10(14)12-8-9-4-6-13(15)7-5-9;1-11(2,3)15-10(14)13-8-9-4-6-12-7-5-9;7-5-6-1-3-8(9)4-2-6;7-5-6-1-3-8-4-2-6/h4-7H,8H2,1-3H3,(H,12,14);4-7H,8H2,1-3H3,(H,13,14);1-4,9H,5,7H2;1-4H,5,7H2/q;;+1;. The van der Waals surface area contributed by atoms with Gasteiger partial charge in [0, 0.05) is 80.0 Å². The molecule has 14 heteroatoms. The lowest BCUT2D eigenvalue weighted by Crippen LogP contribution is -2.32. The first-order chi connectivity index (χ1) is 22.6. The second-order valence-corrected chi connectivity index (χ2v) is 12.0. The Morgan fingerprint density at radius 2 is 1.00 bits per heavy atom. The number of carbonyl (C=O) groups excluding carboxylic acids is 2. The third-order valence-electron chi connectivity index (χ3n) is 5.40. The predicted octanol–water partition coefficient (Wildman–Crippen LogP) is 3.66. The van der Waals surface area contributed by atoms with E-state index >= 15 is 0 Å². The number of hydrogen-bond acceptors (Lipinski definition) is 10. The number of carbonyl (C=O) groups is 2. The fourth-order valence-corrected chi connectivity index (χ4v) is 3.14. The molecular formula is C34H49N8O6+. The number of alkyl carbamates (subject to hydrolysis) is 2. The molecule has 2 amide bonds. The zero-order valence-corrected chi connectivity index (χ0v) is 28.5. The van der Waals surface area contributed by atoms with Gasteiger partial charge in [0.15, 0.2) is 12.4 Å². The van der Waals surface area contributed by atoms with Crippen LogP contribution in [0.4, 0.5) is 9.59 Å². The molecule has 0 radical (unpaired) electrons. The Balaban J connectivity index is 0.000000332. The number of nitrogens with zero attached hydrogens (tertiary/aromatic N) is 4. The van der Waals surface area contributed by atoms with E-state index in [0.29, 0.717) is 30.9 Å². The van der Waals surface area contributed by atoms with Crippen molar-refractivity contribution < 1.29 is 33.7 Å². The SMILES string of the molecule is CC(C)(C)OC(=O)NCc1cc[n+]([O-])cc1.CC(C)(C)OC(=O)NCc1ccncc1.NCc1cc[n+](O)cc1.NCc1ccncc1. The molecule has 4 heterocycles. The first-order valence-electron chi connectivity index (χ1n) is 15.1. The number of aromatic nitrogens is 4. The van der Waals surface area contributed by atoms with Gasteiger partial charge in [-0.15, -0.1) is 0 Å². The minimum atomic E-state index is -0.501. The molecule has 260 valence electrons. The second-order valence-electron chi connectivity index (χ2n) is 12.0. The van der Waals surface area contributed by atoms with Crippen molar-refractivity contribution in [3.63, 3.8) is 0 Å². The van der Waals surface area contributed by atoms with Crippen molar-refractivity contribution >= 4 is 12.2 Å². The number of hydrogen-bond donors (Lipinski definition) is 5. The summed E-state index contributed by atoms with van der Waals surface area (Å²) in [5, 5.41) is 24.7. The fourth-order valence-electron chi connectivity index (χ4n) is 3.14. The fraction of sp³-hybridized carbons (Fsp3) is 0.353. The molecule has 0 fully saturated rings. The lowest BCUT2D eigenvalue weighted by molar-refractivity contribution is -0.904. The van der Waals surface area contributed by atoms with Crippen molar-refractivity contribution in [3.8, 4) is 0 Å². The monoisotopic (exact) mass is 665 g/mol. The van der Waals surface area contributed by atoms with Crippen molar-refractivity contribution in [3.05, 3.63) is 126 Å². The highest BCUT2D eigenvalue weighted by Crippen LogP contribution is 2.07. The van der Waals surface area contributed by atoms with Crippen LogP contribution in [0.15, 0.2) is 98.1 Å². The van der Waals surface area contributed by atoms with Gasteiger partial charge in [-0.3, -0.25) is 15.2 Å². The van der Waals surface area contributed by atoms with Crippen molar-refractivity contribution in [1.82, 2.24) is 20.6 Å². The molecule has 0 aliphatic heterocycles. The Morgan fingerprint density at radius 1 is 0.667 bits per heavy atom. The molecule has 0 aliphatic rings. The summed E-state index contributed by atoms with van der Waals surface area (Å²) in [4.78, 5) is 30.3. The third-order valence-corrected chi connectivity index (χ3v) is 5.40. The smallest absolute Gasteiger partial charge is 0.407 e. The number of nitrogens with one attached hydrogen (secondary N) is 2. The Hall–Kier alpha value is -5.34. The van der Waals surface area contributed by atoms with Gasteiger partial charge in [-0.25, -0.2) is 9.59 Å². The summed E-state index contributed by atoms with van der Waals surface area (Å²) in [5.41, 5.74) is 13.7. The van der Waals surface area contributed by atoms with E-state index in [1.807, 2.05) is 45.0 Å². The van der Waals surface area contributed by atoms with Gasteiger partial charge in [-0.2, -0.15) is 4.73 Å². The number of amides is 2. The quantitative estimate of drug-likeness (QED) is 0.115. The molecule has 0 aromatic carbocycles. The van der Waals surface area contributed by atoms with E-state index in [0.717, 1.165) is 27.0 Å². The predicted molar refractivity (Wildman–Crippen MR) is 180 cm³/mol. The van der Waals surface area contributed by atoms with Crippen LogP contribution in [0.5, 0.6) is 0 Å². The second kappa shape index (κ2) is 21.5. The van der Waals surface area contributed by atoms with Crippen LogP contribution in [0.2, 0.25) is 0 Å². The van der Waals surface area contributed by atoms with E-state index in [9.17, 15) is 14.8 Å². The summed E-state index contributed by atoms with van der Waals surface area (Å²) in [6.07, 6.45) is 11.8. The Kier molecular flexibility index (Phi) is 18.2. The normalized spacial score (nSPS) is 10.3. The molecule has 4 aromatic rings. The van der Waals surface area contributed by atoms with Gasteiger partial charge in [0.05, 0.1) is 0 Å². The molecule has 0 bridgehead atoms. The molecule has 14 nitrogen and oxygen atoms in total. The highest BCUT2D eigenvalue weighted by molar-refractivity contribution is 5.68. The third kappa shape index (κ3) is 21.4. The van der Waals surface area contributed by atoms with Crippen LogP contribution in [0.1, 0.15) is 63.8 Å². The van der Waals surface area contributed by atoms with Gasteiger partial charge < -0.3 is 36.8 Å². The van der Waals surface area contributed by atoms with Crippen LogP contribution in [-0.4, -0.2) is 38.6 Å². The molecule has 7 N–H and O–H groups in total. The van der Waals surface area contributed by atoms with E-state index in [-0.39, 0.29) is 0 Å². The Labute approximate surface area is 282 Å². The van der Waals surface area contributed by atoms with Crippen LogP contribution in [0.3, 0.4) is 0 Å².